The molecular formula is C15H19NO4S. The number of carbonyl (C=O) groups is 2. The maximum atomic E-state index is 12.5. The van der Waals surface area contributed by atoms with Crippen molar-refractivity contribution < 1.29 is 19.4 Å². The summed E-state index contributed by atoms with van der Waals surface area (Å²) in [5, 5.41) is 8.94. The minimum atomic E-state index is -0.918. The summed E-state index contributed by atoms with van der Waals surface area (Å²) in [4.78, 5) is 25.0. The average molecular weight is 309 g/mol. The minimum Gasteiger partial charge on any atom is -0.481 e. The lowest BCUT2D eigenvalue weighted by Gasteiger charge is -2.34. The van der Waals surface area contributed by atoms with Crippen LogP contribution in [0.1, 0.15) is 22.3 Å². The standard InChI is InChI=1S/C15H19NO4S/c1-21-10-11-2-4-12(5-3-11)15(19)16-6-7-20-9-13(16)8-14(17)18/h2-5,13H,6-10H2,1H3,(H,17,18). The van der Waals surface area contributed by atoms with Gasteiger partial charge in [-0.05, 0) is 24.0 Å². The Morgan fingerprint density at radius 1 is 1.38 bits per heavy atom. The van der Waals surface area contributed by atoms with Crippen LogP contribution >= 0.6 is 11.8 Å². The number of rotatable bonds is 5. The van der Waals surface area contributed by atoms with Gasteiger partial charge in [0.25, 0.3) is 5.91 Å². The molecule has 2 rings (SSSR count). The fourth-order valence-electron chi connectivity index (χ4n) is 2.37. The number of carboxylic acids is 1. The molecule has 1 amide bonds. The van der Waals surface area contributed by atoms with Gasteiger partial charge in [-0.1, -0.05) is 12.1 Å². The van der Waals surface area contributed by atoms with E-state index in [1.807, 2.05) is 18.4 Å². The van der Waals surface area contributed by atoms with Crippen LogP contribution in [0.4, 0.5) is 0 Å². The Morgan fingerprint density at radius 3 is 2.71 bits per heavy atom. The van der Waals surface area contributed by atoms with Crippen molar-refractivity contribution in [1.82, 2.24) is 4.90 Å². The highest BCUT2D eigenvalue weighted by Crippen LogP contribution is 2.17. The molecule has 0 spiro atoms. The second kappa shape index (κ2) is 7.47. The van der Waals surface area contributed by atoms with Gasteiger partial charge in [0.05, 0.1) is 25.7 Å². The summed E-state index contributed by atoms with van der Waals surface area (Å²) in [5.74, 6) is -0.132. The van der Waals surface area contributed by atoms with Crippen LogP contribution in [-0.2, 0) is 15.3 Å². The first-order chi connectivity index (χ1) is 10.1. The Bertz CT molecular complexity index is 503. The molecule has 1 saturated heterocycles. The molecule has 1 aromatic rings. The van der Waals surface area contributed by atoms with Crippen molar-refractivity contribution in [3.8, 4) is 0 Å². The van der Waals surface area contributed by atoms with Gasteiger partial charge in [0, 0.05) is 17.9 Å². The average Bonchev–Trinajstić information content (AvgIpc) is 2.48. The lowest BCUT2D eigenvalue weighted by molar-refractivity contribution is -0.139. The molecule has 6 heteroatoms. The number of hydrogen-bond donors (Lipinski definition) is 1. The van der Waals surface area contributed by atoms with E-state index < -0.39 is 12.0 Å². The molecule has 0 bridgehead atoms. The van der Waals surface area contributed by atoms with Crippen molar-refractivity contribution in [2.24, 2.45) is 0 Å². The van der Waals surface area contributed by atoms with Gasteiger partial charge in [-0.15, -0.1) is 0 Å². The fraction of sp³-hybridized carbons (Fsp3) is 0.467. The Hall–Kier alpha value is -1.53. The van der Waals surface area contributed by atoms with Gasteiger partial charge in [0.2, 0.25) is 0 Å². The molecule has 114 valence electrons. The molecule has 1 N–H and O–H groups in total. The second-order valence-electron chi connectivity index (χ2n) is 4.96. The third-order valence-electron chi connectivity index (χ3n) is 3.41. The van der Waals surface area contributed by atoms with E-state index in [-0.39, 0.29) is 18.9 Å². The quantitative estimate of drug-likeness (QED) is 0.899. The zero-order chi connectivity index (χ0) is 15.2. The van der Waals surface area contributed by atoms with Crippen molar-refractivity contribution >= 4 is 23.6 Å². The number of amides is 1. The topological polar surface area (TPSA) is 66.8 Å². The third-order valence-corrected chi connectivity index (χ3v) is 4.03. The molecule has 1 aliphatic rings. The number of benzene rings is 1. The van der Waals surface area contributed by atoms with Crippen LogP contribution < -0.4 is 0 Å². The Labute approximate surface area is 128 Å². The molecular weight excluding hydrogens is 290 g/mol. The van der Waals surface area contributed by atoms with Crippen molar-refractivity contribution in [2.75, 3.05) is 26.0 Å². The summed E-state index contributed by atoms with van der Waals surface area (Å²) in [6, 6.07) is 7.10. The number of morpholine rings is 1. The Balaban J connectivity index is 2.10. The summed E-state index contributed by atoms with van der Waals surface area (Å²) < 4.78 is 5.29. The smallest absolute Gasteiger partial charge is 0.305 e. The maximum absolute atomic E-state index is 12.5. The first kappa shape index (κ1) is 15.9. The van der Waals surface area contributed by atoms with Gasteiger partial charge in [0.15, 0.2) is 0 Å². The van der Waals surface area contributed by atoms with Gasteiger partial charge in [-0.2, -0.15) is 11.8 Å². The number of thioether (sulfide) groups is 1. The lowest BCUT2D eigenvalue weighted by Crippen LogP contribution is -2.49. The fourth-order valence-corrected chi connectivity index (χ4v) is 2.89. The van der Waals surface area contributed by atoms with Gasteiger partial charge < -0.3 is 14.7 Å². The predicted octanol–water partition coefficient (Wildman–Crippen LogP) is 1.87. The van der Waals surface area contributed by atoms with E-state index in [1.165, 1.54) is 5.56 Å². The van der Waals surface area contributed by atoms with E-state index in [4.69, 9.17) is 9.84 Å². The second-order valence-corrected chi connectivity index (χ2v) is 5.82. The van der Waals surface area contributed by atoms with Gasteiger partial charge >= 0.3 is 5.97 Å². The highest BCUT2D eigenvalue weighted by molar-refractivity contribution is 7.97. The van der Waals surface area contributed by atoms with Crippen molar-refractivity contribution in [3.05, 3.63) is 35.4 Å². The number of carboxylic acid groups (broad SMARTS) is 1. The van der Waals surface area contributed by atoms with Crippen LogP contribution in [0.2, 0.25) is 0 Å². The normalized spacial score (nSPS) is 18.5. The summed E-state index contributed by atoms with van der Waals surface area (Å²) in [7, 11) is 0. The first-order valence-corrected chi connectivity index (χ1v) is 8.19. The molecule has 5 nitrogen and oxygen atoms in total. The Kier molecular flexibility index (Phi) is 5.64. The Morgan fingerprint density at radius 2 is 2.10 bits per heavy atom. The minimum absolute atomic E-state index is 0.0870. The molecule has 21 heavy (non-hydrogen) atoms. The highest BCUT2D eigenvalue weighted by Gasteiger charge is 2.29. The van der Waals surface area contributed by atoms with E-state index >= 15 is 0 Å². The summed E-state index contributed by atoms with van der Waals surface area (Å²) in [6.07, 6.45) is 1.94. The molecule has 1 heterocycles. The molecule has 0 radical (unpaired) electrons. The van der Waals surface area contributed by atoms with Crippen molar-refractivity contribution in [3.63, 3.8) is 0 Å². The number of carbonyl (C=O) groups excluding carboxylic acids is 1. The number of ether oxygens (including phenoxy) is 1. The van der Waals surface area contributed by atoms with Crippen LogP contribution in [0.5, 0.6) is 0 Å². The van der Waals surface area contributed by atoms with Crippen molar-refractivity contribution in [2.45, 2.75) is 18.2 Å². The highest BCUT2D eigenvalue weighted by atomic mass is 32.2. The first-order valence-electron chi connectivity index (χ1n) is 6.80. The van der Waals surface area contributed by atoms with E-state index in [2.05, 4.69) is 0 Å². The number of nitrogens with zero attached hydrogens (tertiary/aromatic N) is 1. The van der Waals surface area contributed by atoms with Crippen LogP contribution in [-0.4, -0.2) is 53.9 Å². The molecule has 0 aromatic heterocycles. The van der Waals surface area contributed by atoms with Crippen LogP contribution in [0, 0.1) is 0 Å². The van der Waals surface area contributed by atoms with E-state index in [0.717, 1.165) is 5.75 Å². The molecule has 0 saturated carbocycles. The molecule has 1 atom stereocenters. The van der Waals surface area contributed by atoms with Crippen LogP contribution in [0.25, 0.3) is 0 Å². The molecule has 1 aromatic carbocycles. The zero-order valence-corrected chi connectivity index (χ0v) is 12.8. The van der Waals surface area contributed by atoms with Crippen LogP contribution in [0.15, 0.2) is 24.3 Å². The van der Waals surface area contributed by atoms with E-state index in [9.17, 15) is 9.59 Å². The monoisotopic (exact) mass is 309 g/mol. The SMILES string of the molecule is CSCc1ccc(C(=O)N2CCOCC2CC(=O)O)cc1. The van der Waals surface area contributed by atoms with Crippen molar-refractivity contribution in [1.29, 1.82) is 0 Å². The third kappa shape index (κ3) is 4.22. The van der Waals surface area contributed by atoms with Gasteiger partial charge in [0.1, 0.15) is 0 Å². The largest absolute Gasteiger partial charge is 0.481 e. The van der Waals surface area contributed by atoms with E-state index in [1.54, 1.807) is 28.8 Å². The number of hydrogen-bond acceptors (Lipinski definition) is 4. The molecule has 0 aliphatic carbocycles. The van der Waals surface area contributed by atoms with E-state index in [0.29, 0.717) is 18.7 Å². The summed E-state index contributed by atoms with van der Waals surface area (Å²) >= 11 is 1.73. The predicted molar refractivity (Wildman–Crippen MR) is 81.6 cm³/mol. The zero-order valence-electron chi connectivity index (χ0n) is 11.9. The van der Waals surface area contributed by atoms with Gasteiger partial charge in [-0.25, -0.2) is 0 Å². The van der Waals surface area contributed by atoms with Crippen LogP contribution in [0.3, 0.4) is 0 Å². The summed E-state index contributed by atoms with van der Waals surface area (Å²) in [6.45, 7) is 1.17. The van der Waals surface area contributed by atoms with Gasteiger partial charge in [-0.3, -0.25) is 9.59 Å². The number of aliphatic carboxylic acids is 1. The maximum Gasteiger partial charge on any atom is 0.305 e. The molecule has 1 unspecified atom stereocenters. The molecule has 1 fully saturated rings. The summed E-state index contributed by atoms with van der Waals surface area (Å²) in [5.41, 5.74) is 1.76. The lowest BCUT2D eigenvalue weighted by atomic mass is 10.1. The molecule has 1 aliphatic heterocycles.